The number of anilines is 2. The van der Waals surface area contributed by atoms with Gasteiger partial charge in [-0.25, -0.2) is 15.1 Å². The van der Waals surface area contributed by atoms with Crippen LogP contribution >= 0.6 is 0 Å². The van der Waals surface area contributed by atoms with Crippen LogP contribution in [0, 0.1) is 0 Å². The molecule has 1 atom stereocenters. The summed E-state index contributed by atoms with van der Waals surface area (Å²) >= 11 is 0. The summed E-state index contributed by atoms with van der Waals surface area (Å²) in [7, 11) is 0. The lowest BCUT2D eigenvalue weighted by molar-refractivity contribution is -0.138. The molecule has 0 radical (unpaired) electrons. The fourth-order valence-electron chi connectivity index (χ4n) is 3.80. The fourth-order valence-corrected chi connectivity index (χ4v) is 3.80. The van der Waals surface area contributed by atoms with Crippen molar-refractivity contribution in [2.75, 3.05) is 29.9 Å². The Bertz CT molecular complexity index is 1220. The van der Waals surface area contributed by atoms with E-state index in [1.807, 2.05) is 4.90 Å². The summed E-state index contributed by atoms with van der Waals surface area (Å²) in [6.45, 7) is 2.97. The number of nitrogens with zero attached hydrogens (tertiary/aromatic N) is 6. The number of H-pyrrole nitrogens is 1. The molecule has 0 saturated carbocycles. The Kier molecular flexibility index (Phi) is 7.57. The van der Waals surface area contributed by atoms with E-state index >= 15 is 0 Å². The molecule has 2 N–H and O–H groups in total. The molecule has 36 heavy (non-hydrogen) atoms. The van der Waals surface area contributed by atoms with Crippen molar-refractivity contribution in [3.63, 3.8) is 0 Å². The van der Waals surface area contributed by atoms with Crippen LogP contribution in [0.25, 0.3) is 0 Å². The molecule has 3 aromatic rings. The molecule has 1 aliphatic heterocycles. The van der Waals surface area contributed by atoms with Crippen molar-refractivity contribution in [2.24, 2.45) is 0 Å². The second-order valence-electron chi connectivity index (χ2n) is 8.29. The standard InChI is InChI=1S/C21H23F3N8O4/c1-12(28-15-8-27-30-19(34)17(15)21(22,23)24)10-35-11-16-29-18(31-36-16)14-2-4-32(5-3-14)20-25-6-13(9-33)7-26-20/h6-9,12,14H,2-5,10-11H2,1H3,(H2,28,30,34). The summed E-state index contributed by atoms with van der Waals surface area (Å²) in [5.41, 5.74) is -2.69. The van der Waals surface area contributed by atoms with Gasteiger partial charge in [0.2, 0.25) is 5.95 Å². The van der Waals surface area contributed by atoms with E-state index in [0.29, 0.717) is 36.7 Å². The number of piperidine rings is 1. The van der Waals surface area contributed by atoms with Crippen LogP contribution in [0.5, 0.6) is 0 Å². The van der Waals surface area contributed by atoms with Crippen molar-refractivity contribution < 1.29 is 27.2 Å². The van der Waals surface area contributed by atoms with Crippen LogP contribution in [0.2, 0.25) is 0 Å². The molecule has 3 aromatic heterocycles. The highest BCUT2D eigenvalue weighted by Gasteiger charge is 2.37. The maximum Gasteiger partial charge on any atom is 0.423 e. The molecule has 4 heterocycles. The second kappa shape index (κ2) is 10.8. The van der Waals surface area contributed by atoms with Crippen molar-refractivity contribution in [2.45, 2.75) is 44.5 Å². The van der Waals surface area contributed by atoms with Gasteiger partial charge in [-0.15, -0.1) is 0 Å². The highest BCUT2D eigenvalue weighted by Crippen LogP contribution is 2.31. The van der Waals surface area contributed by atoms with Gasteiger partial charge in [-0.1, -0.05) is 5.16 Å². The topological polar surface area (TPSA) is 152 Å². The van der Waals surface area contributed by atoms with Gasteiger partial charge in [-0.2, -0.15) is 23.3 Å². The molecule has 4 rings (SSSR count). The van der Waals surface area contributed by atoms with Crippen molar-refractivity contribution in [1.82, 2.24) is 30.3 Å². The Labute approximate surface area is 202 Å². The maximum absolute atomic E-state index is 13.2. The number of nitrogens with one attached hydrogen (secondary N) is 2. The van der Waals surface area contributed by atoms with Gasteiger partial charge < -0.3 is 19.5 Å². The molecular weight excluding hydrogens is 485 g/mol. The van der Waals surface area contributed by atoms with Crippen molar-refractivity contribution in [1.29, 1.82) is 0 Å². The molecule has 0 aliphatic carbocycles. The van der Waals surface area contributed by atoms with Gasteiger partial charge in [0, 0.05) is 37.4 Å². The number of hydrogen-bond acceptors (Lipinski definition) is 11. The fraction of sp³-hybridized carbons (Fsp3) is 0.476. The molecule has 0 spiro atoms. The zero-order valence-electron chi connectivity index (χ0n) is 19.2. The second-order valence-corrected chi connectivity index (χ2v) is 8.29. The molecule has 1 saturated heterocycles. The summed E-state index contributed by atoms with van der Waals surface area (Å²) in [5.74, 6) is 1.45. The van der Waals surface area contributed by atoms with E-state index in [1.54, 1.807) is 12.0 Å². The van der Waals surface area contributed by atoms with Gasteiger partial charge in [-0.3, -0.25) is 9.59 Å². The molecule has 1 unspecified atom stereocenters. The molecule has 0 bridgehead atoms. The third-order valence-electron chi connectivity index (χ3n) is 5.56. The summed E-state index contributed by atoms with van der Waals surface area (Å²) < 4.78 is 50.2. The third kappa shape index (κ3) is 6.02. The van der Waals surface area contributed by atoms with E-state index in [-0.39, 0.29) is 25.0 Å². The quantitative estimate of drug-likeness (QED) is 0.409. The number of halogens is 3. The Balaban J connectivity index is 1.25. The maximum atomic E-state index is 13.2. The average molecular weight is 508 g/mol. The predicted molar refractivity (Wildman–Crippen MR) is 119 cm³/mol. The number of aromatic nitrogens is 6. The lowest BCUT2D eigenvalue weighted by Gasteiger charge is -2.30. The zero-order chi connectivity index (χ0) is 25.7. The van der Waals surface area contributed by atoms with Gasteiger partial charge in [0.1, 0.15) is 12.2 Å². The Morgan fingerprint density at radius 1 is 1.28 bits per heavy atom. The number of aromatic amines is 1. The number of ether oxygens (including phenoxy) is 1. The Morgan fingerprint density at radius 2 is 2.00 bits per heavy atom. The van der Waals surface area contributed by atoms with Crippen molar-refractivity contribution in [3.05, 3.63) is 51.8 Å². The monoisotopic (exact) mass is 508 g/mol. The smallest absolute Gasteiger partial charge is 0.378 e. The average Bonchev–Trinajstić information content (AvgIpc) is 3.32. The predicted octanol–water partition coefficient (Wildman–Crippen LogP) is 2.18. The highest BCUT2D eigenvalue weighted by atomic mass is 19.4. The van der Waals surface area contributed by atoms with Crippen molar-refractivity contribution in [3.8, 4) is 0 Å². The van der Waals surface area contributed by atoms with E-state index in [0.717, 1.165) is 19.0 Å². The van der Waals surface area contributed by atoms with Crippen LogP contribution in [-0.4, -0.2) is 62.3 Å². The molecule has 12 nitrogen and oxygen atoms in total. The summed E-state index contributed by atoms with van der Waals surface area (Å²) in [6.07, 6.45) is 1.24. The van der Waals surface area contributed by atoms with E-state index in [1.165, 1.54) is 12.4 Å². The normalized spacial score (nSPS) is 15.6. The highest BCUT2D eigenvalue weighted by molar-refractivity contribution is 5.73. The Morgan fingerprint density at radius 3 is 2.67 bits per heavy atom. The van der Waals surface area contributed by atoms with Crippen LogP contribution < -0.4 is 15.8 Å². The third-order valence-corrected chi connectivity index (χ3v) is 5.56. The summed E-state index contributed by atoms with van der Waals surface area (Å²) in [6, 6.07) is -0.566. The Hall–Kier alpha value is -3.88. The first kappa shape index (κ1) is 25.2. The van der Waals surface area contributed by atoms with Gasteiger partial charge in [0.15, 0.2) is 12.1 Å². The first-order valence-corrected chi connectivity index (χ1v) is 11.1. The van der Waals surface area contributed by atoms with E-state index in [2.05, 4.69) is 30.5 Å². The molecule has 0 amide bonds. The zero-order valence-corrected chi connectivity index (χ0v) is 19.2. The van der Waals surface area contributed by atoms with Gasteiger partial charge in [0.25, 0.3) is 11.4 Å². The molecule has 0 aromatic carbocycles. The molecule has 192 valence electrons. The largest absolute Gasteiger partial charge is 0.423 e. The van der Waals surface area contributed by atoms with Crippen LogP contribution in [0.15, 0.2) is 27.9 Å². The number of aldehydes is 1. The lowest BCUT2D eigenvalue weighted by atomic mass is 9.96. The minimum absolute atomic E-state index is 0.0170. The molecular formula is C21H23F3N8O4. The van der Waals surface area contributed by atoms with Gasteiger partial charge in [0.05, 0.1) is 24.1 Å². The number of alkyl halides is 3. The number of carbonyl (C=O) groups excluding carboxylic acids is 1. The number of rotatable bonds is 9. The van der Waals surface area contributed by atoms with Crippen LogP contribution in [-0.2, 0) is 17.5 Å². The van der Waals surface area contributed by atoms with Gasteiger partial charge in [-0.05, 0) is 19.8 Å². The molecule has 1 aliphatic rings. The lowest BCUT2D eigenvalue weighted by Crippen LogP contribution is -2.34. The van der Waals surface area contributed by atoms with E-state index < -0.39 is 29.0 Å². The molecule has 1 fully saturated rings. The number of hydrogen-bond donors (Lipinski definition) is 2. The summed E-state index contributed by atoms with van der Waals surface area (Å²) in [4.78, 5) is 37.1. The SMILES string of the molecule is CC(COCc1nc(C2CCN(c3ncc(C=O)cn3)CC2)no1)Nc1cn[nH]c(=O)c1C(F)(F)F. The van der Waals surface area contributed by atoms with Crippen LogP contribution in [0.3, 0.4) is 0 Å². The first-order valence-electron chi connectivity index (χ1n) is 11.1. The van der Waals surface area contributed by atoms with E-state index in [4.69, 9.17) is 9.26 Å². The van der Waals surface area contributed by atoms with E-state index in [9.17, 15) is 22.8 Å². The minimum Gasteiger partial charge on any atom is -0.378 e. The van der Waals surface area contributed by atoms with Crippen LogP contribution in [0.1, 0.15) is 53.3 Å². The van der Waals surface area contributed by atoms with Gasteiger partial charge >= 0.3 is 6.18 Å². The van der Waals surface area contributed by atoms with Crippen molar-refractivity contribution >= 4 is 17.9 Å². The number of carbonyl (C=O) groups is 1. The summed E-state index contributed by atoms with van der Waals surface area (Å²) in [5, 5.41) is 11.8. The van der Waals surface area contributed by atoms with Crippen LogP contribution in [0.4, 0.5) is 24.8 Å². The molecule has 15 heteroatoms. The first-order chi connectivity index (χ1) is 17.2. The minimum atomic E-state index is -4.83.